The van der Waals surface area contributed by atoms with Gasteiger partial charge in [0.05, 0.1) is 11.7 Å². The molecule has 84 valence electrons. The molecule has 0 spiro atoms. The van der Waals surface area contributed by atoms with Gasteiger partial charge in [-0.3, -0.25) is 0 Å². The average Bonchev–Trinajstić information content (AvgIpc) is 2.82. The largest absolute Gasteiger partial charge is 0.497 e. The second kappa shape index (κ2) is 4.48. The fourth-order valence-corrected chi connectivity index (χ4v) is 4.40. The van der Waals surface area contributed by atoms with E-state index in [1.54, 1.807) is 7.11 Å². The fourth-order valence-electron chi connectivity index (χ4n) is 1.73. The fraction of sp³-hybridized carbons (Fsp3) is 0.0714. The van der Waals surface area contributed by atoms with Crippen molar-refractivity contribution in [3.8, 4) is 15.9 Å². The van der Waals surface area contributed by atoms with E-state index in [-0.39, 0.29) is 0 Å². The van der Waals surface area contributed by atoms with Gasteiger partial charge in [-0.05, 0) is 50.2 Å². The summed E-state index contributed by atoms with van der Waals surface area (Å²) in [6, 6.07) is 16.9. The Hall–Kier alpha value is -1.37. The zero-order chi connectivity index (χ0) is 11.7. The molecular formula is C14H11OPS. The zero-order valence-electron chi connectivity index (χ0n) is 9.38. The van der Waals surface area contributed by atoms with Crippen molar-refractivity contribution in [3.63, 3.8) is 0 Å². The summed E-state index contributed by atoms with van der Waals surface area (Å²) in [5.74, 6) is 0.909. The molecule has 0 aliphatic carbocycles. The van der Waals surface area contributed by atoms with E-state index >= 15 is 0 Å². The molecule has 0 amide bonds. The highest BCUT2D eigenvalue weighted by Gasteiger charge is 2.04. The second-order valence-electron chi connectivity index (χ2n) is 3.72. The summed E-state index contributed by atoms with van der Waals surface area (Å²) in [4.78, 5) is 0. The van der Waals surface area contributed by atoms with Crippen LogP contribution in [0.25, 0.3) is 20.0 Å². The SMILES string of the molecule is COc1ccc(-c2pc3ccccc3s2)cc1. The van der Waals surface area contributed by atoms with Crippen molar-refractivity contribution in [1.82, 2.24) is 0 Å². The van der Waals surface area contributed by atoms with Crippen LogP contribution in [0.3, 0.4) is 0 Å². The van der Waals surface area contributed by atoms with Crippen LogP contribution in [0.2, 0.25) is 0 Å². The molecule has 3 heteroatoms. The quantitative estimate of drug-likeness (QED) is 0.617. The van der Waals surface area contributed by atoms with Crippen LogP contribution >= 0.6 is 19.5 Å². The summed E-state index contributed by atoms with van der Waals surface area (Å²) in [6.45, 7) is 0. The Labute approximate surface area is 106 Å². The van der Waals surface area contributed by atoms with E-state index in [0.717, 1.165) is 5.75 Å². The minimum atomic E-state index is 0.909. The maximum atomic E-state index is 5.18. The Morgan fingerprint density at radius 3 is 2.47 bits per heavy atom. The van der Waals surface area contributed by atoms with Crippen molar-refractivity contribution in [2.45, 2.75) is 0 Å². The first kappa shape index (κ1) is 10.8. The summed E-state index contributed by atoms with van der Waals surface area (Å²) in [6.07, 6.45) is 0. The van der Waals surface area contributed by atoms with Crippen molar-refractivity contribution in [3.05, 3.63) is 48.5 Å². The van der Waals surface area contributed by atoms with Gasteiger partial charge in [0.1, 0.15) is 5.75 Å². The molecule has 0 bridgehead atoms. The van der Waals surface area contributed by atoms with Crippen LogP contribution in [0.1, 0.15) is 0 Å². The maximum Gasteiger partial charge on any atom is 0.118 e. The second-order valence-corrected chi connectivity index (χ2v) is 6.22. The molecule has 0 unspecified atom stereocenters. The Morgan fingerprint density at radius 1 is 1.00 bits per heavy atom. The van der Waals surface area contributed by atoms with Crippen molar-refractivity contribution >= 4 is 29.3 Å². The highest BCUT2D eigenvalue weighted by atomic mass is 32.1. The topological polar surface area (TPSA) is 9.23 Å². The van der Waals surface area contributed by atoms with Crippen LogP contribution in [0.15, 0.2) is 48.5 Å². The average molecular weight is 258 g/mol. The van der Waals surface area contributed by atoms with E-state index in [1.165, 1.54) is 28.2 Å². The molecule has 17 heavy (non-hydrogen) atoms. The Bertz CT molecular complexity index is 610. The van der Waals surface area contributed by atoms with E-state index in [0.29, 0.717) is 0 Å². The lowest BCUT2D eigenvalue weighted by Gasteiger charge is -2.00. The molecule has 1 heterocycles. The predicted molar refractivity (Wildman–Crippen MR) is 76.3 cm³/mol. The first-order valence-corrected chi connectivity index (χ1v) is 7.08. The summed E-state index contributed by atoms with van der Waals surface area (Å²) >= 11 is 1.87. The third kappa shape index (κ3) is 2.06. The van der Waals surface area contributed by atoms with Gasteiger partial charge in [-0.1, -0.05) is 12.1 Å². The molecule has 0 N–H and O–H groups in total. The molecule has 0 aliphatic heterocycles. The highest BCUT2D eigenvalue weighted by Crippen LogP contribution is 2.42. The summed E-state index contributed by atoms with van der Waals surface area (Å²) in [7, 11) is 3.01. The standard InChI is InChI=1S/C14H11OPS/c1-15-11-8-6-10(7-9-11)14-16-12-4-2-3-5-13(12)17-14/h2-9H,1H3. The number of ether oxygens (including phenoxy) is 1. The van der Waals surface area contributed by atoms with Gasteiger partial charge >= 0.3 is 0 Å². The molecule has 0 saturated carbocycles. The molecular weight excluding hydrogens is 247 g/mol. The van der Waals surface area contributed by atoms with E-state index in [1.807, 2.05) is 23.5 Å². The number of rotatable bonds is 2. The third-order valence-electron chi connectivity index (χ3n) is 2.63. The Morgan fingerprint density at radius 2 is 1.76 bits per heavy atom. The first-order valence-electron chi connectivity index (χ1n) is 5.37. The van der Waals surface area contributed by atoms with Crippen molar-refractivity contribution in [2.24, 2.45) is 0 Å². The van der Waals surface area contributed by atoms with Gasteiger partial charge in [-0.15, -0.1) is 11.3 Å². The summed E-state index contributed by atoms with van der Waals surface area (Å²) in [5.41, 5.74) is 1.29. The molecule has 0 fully saturated rings. The lowest BCUT2D eigenvalue weighted by atomic mass is 10.2. The van der Waals surface area contributed by atoms with Crippen LogP contribution < -0.4 is 4.74 Å². The Balaban J connectivity index is 2.07. The van der Waals surface area contributed by atoms with E-state index in [2.05, 4.69) is 36.4 Å². The molecule has 0 saturated heterocycles. The van der Waals surface area contributed by atoms with Crippen molar-refractivity contribution in [1.29, 1.82) is 0 Å². The minimum absolute atomic E-state index is 0.909. The lowest BCUT2D eigenvalue weighted by Crippen LogP contribution is -1.80. The predicted octanol–water partition coefficient (Wildman–Crippen LogP) is 5.16. The maximum absolute atomic E-state index is 5.18. The summed E-state index contributed by atoms with van der Waals surface area (Å²) in [5, 5.41) is 1.41. The van der Waals surface area contributed by atoms with Gasteiger partial charge in [0.2, 0.25) is 0 Å². The van der Waals surface area contributed by atoms with Crippen LogP contribution in [0, 0.1) is 0 Å². The van der Waals surface area contributed by atoms with Gasteiger partial charge in [0.25, 0.3) is 0 Å². The number of hydrogen-bond acceptors (Lipinski definition) is 2. The van der Waals surface area contributed by atoms with Crippen LogP contribution in [0.5, 0.6) is 5.75 Å². The van der Waals surface area contributed by atoms with Gasteiger partial charge in [-0.25, -0.2) is 0 Å². The Kier molecular flexibility index (Phi) is 2.84. The minimum Gasteiger partial charge on any atom is -0.497 e. The van der Waals surface area contributed by atoms with Gasteiger partial charge in [-0.2, -0.15) is 0 Å². The van der Waals surface area contributed by atoms with Crippen LogP contribution in [0.4, 0.5) is 0 Å². The van der Waals surface area contributed by atoms with E-state index in [9.17, 15) is 0 Å². The normalized spacial score (nSPS) is 11.1. The van der Waals surface area contributed by atoms with Crippen molar-refractivity contribution in [2.75, 3.05) is 7.11 Å². The molecule has 0 radical (unpaired) electrons. The smallest absolute Gasteiger partial charge is 0.118 e. The highest BCUT2D eigenvalue weighted by molar-refractivity contribution is 7.54. The zero-order valence-corrected chi connectivity index (χ0v) is 11.1. The van der Waals surface area contributed by atoms with Gasteiger partial charge < -0.3 is 4.74 Å². The molecule has 0 atom stereocenters. The number of benzene rings is 2. The molecule has 2 aromatic carbocycles. The van der Waals surface area contributed by atoms with E-state index < -0.39 is 0 Å². The monoisotopic (exact) mass is 258 g/mol. The molecule has 1 aromatic heterocycles. The van der Waals surface area contributed by atoms with Crippen molar-refractivity contribution < 1.29 is 4.74 Å². The molecule has 3 aromatic rings. The van der Waals surface area contributed by atoms with E-state index in [4.69, 9.17) is 4.74 Å². The first-order chi connectivity index (χ1) is 8.36. The third-order valence-corrected chi connectivity index (χ3v) is 5.43. The number of hydrogen-bond donors (Lipinski definition) is 0. The van der Waals surface area contributed by atoms with Crippen LogP contribution in [-0.2, 0) is 0 Å². The summed E-state index contributed by atoms with van der Waals surface area (Å²) < 4.78 is 7.95. The molecule has 3 rings (SSSR count). The van der Waals surface area contributed by atoms with Gasteiger partial charge in [0.15, 0.2) is 0 Å². The number of methoxy groups -OCH3 is 1. The molecule has 0 aliphatic rings. The van der Waals surface area contributed by atoms with Gasteiger partial charge in [0, 0.05) is 9.82 Å². The number of fused-ring (bicyclic) bond motifs is 1. The lowest BCUT2D eigenvalue weighted by molar-refractivity contribution is 0.415. The molecule has 1 nitrogen and oxygen atoms in total. The van der Waals surface area contributed by atoms with Crippen LogP contribution in [-0.4, -0.2) is 7.11 Å².